The van der Waals surface area contributed by atoms with Crippen LogP contribution in [0.1, 0.15) is 34.3 Å². The predicted molar refractivity (Wildman–Crippen MR) is 74.7 cm³/mol. The van der Waals surface area contributed by atoms with Gasteiger partial charge in [-0.15, -0.1) is 0 Å². The van der Waals surface area contributed by atoms with E-state index < -0.39 is 5.82 Å². The largest absolute Gasteiger partial charge is 0.493 e. The number of carbonyl (C=O) groups excluding carboxylic acids is 1. The first-order valence-corrected chi connectivity index (χ1v) is 6.80. The first kappa shape index (κ1) is 12.9. The Morgan fingerprint density at radius 2 is 1.95 bits per heavy atom. The molecular formula is C17H15FO2. The summed E-state index contributed by atoms with van der Waals surface area (Å²) >= 11 is 0. The first-order valence-electron chi connectivity index (χ1n) is 6.80. The maximum atomic E-state index is 13.7. The molecule has 0 aliphatic carbocycles. The second-order valence-corrected chi connectivity index (χ2v) is 4.94. The van der Waals surface area contributed by atoms with E-state index in [9.17, 15) is 9.18 Å². The Kier molecular flexibility index (Phi) is 3.50. The normalized spacial score (nSPS) is 14.1. The monoisotopic (exact) mass is 270 g/mol. The molecule has 1 aliphatic heterocycles. The van der Waals surface area contributed by atoms with Crippen LogP contribution in [-0.2, 0) is 6.42 Å². The molecule has 0 N–H and O–H groups in total. The highest BCUT2D eigenvalue weighted by Gasteiger charge is 2.16. The zero-order valence-corrected chi connectivity index (χ0v) is 11.1. The molecule has 0 saturated carbocycles. The lowest BCUT2D eigenvalue weighted by Crippen LogP contribution is -2.05. The molecule has 3 rings (SSSR count). The molecule has 0 amide bonds. The van der Waals surface area contributed by atoms with Crippen molar-refractivity contribution in [2.45, 2.75) is 19.3 Å². The Morgan fingerprint density at radius 3 is 2.80 bits per heavy atom. The summed E-state index contributed by atoms with van der Waals surface area (Å²) < 4.78 is 19.3. The molecule has 2 aromatic carbocycles. The number of rotatable bonds is 2. The molecule has 2 aromatic rings. The minimum atomic E-state index is -0.483. The highest BCUT2D eigenvalue weighted by Crippen LogP contribution is 2.26. The van der Waals surface area contributed by atoms with Crippen molar-refractivity contribution in [3.63, 3.8) is 0 Å². The lowest BCUT2D eigenvalue weighted by Gasteiger charge is -2.09. The van der Waals surface area contributed by atoms with Gasteiger partial charge in [-0.05, 0) is 55.2 Å². The van der Waals surface area contributed by atoms with Gasteiger partial charge >= 0.3 is 0 Å². The van der Waals surface area contributed by atoms with Gasteiger partial charge in [0.1, 0.15) is 11.6 Å². The Balaban J connectivity index is 1.97. The van der Waals surface area contributed by atoms with Gasteiger partial charge < -0.3 is 4.74 Å². The quantitative estimate of drug-likeness (QED) is 0.776. The van der Waals surface area contributed by atoms with Crippen molar-refractivity contribution in [2.75, 3.05) is 6.61 Å². The van der Waals surface area contributed by atoms with E-state index in [0.717, 1.165) is 30.6 Å². The maximum absolute atomic E-state index is 13.7. The first-order chi connectivity index (χ1) is 9.75. The SMILES string of the molecule is O=C(c1ccc2c(c1)CCCCO2)c1ccccc1F. The fourth-order valence-electron chi connectivity index (χ4n) is 2.46. The Bertz CT molecular complexity index is 649. The highest BCUT2D eigenvalue weighted by molar-refractivity contribution is 6.09. The van der Waals surface area contributed by atoms with Gasteiger partial charge in [-0.2, -0.15) is 0 Å². The van der Waals surface area contributed by atoms with E-state index in [1.807, 2.05) is 12.1 Å². The lowest BCUT2D eigenvalue weighted by atomic mass is 9.98. The van der Waals surface area contributed by atoms with E-state index in [1.54, 1.807) is 18.2 Å². The Morgan fingerprint density at radius 1 is 1.10 bits per heavy atom. The standard InChI is InChI=1S/C17H15FO2/c18-15-7-2-1-6-14(15)17(19)13-8-9-16-12(11-13)5-3-4-10-20-16/h1-2,6-9,11H,3-5,10H2. The number of ketones is 1. The van der Waals surface area contributed by atoms with Gasteiger partial charge in [-0.25, -0.2) is 4.39 Å². The molecule has 0 unspecified atom stereocenters. The number of ether oxygens (including phenoxy) is 1. The molecule has 0 aromatic heterocycles. The second-order valence-electron chi connectivity index (χ2n) is 4.94. The minimum Gasteiger partial charge on any atom is -0.493 e. The smallest absolute Gasteiger partial charge is 0.195 e. The van der Waals surface area contributed by atoms with Gasteiger partial charge in [0.05, 0.1) is 12.2 Å². The van der Waals surface area contributed by atoms with Gasteiger partial charge in [-0.1, -0.05) is 12.1 Å². The third-order valence-corrected chi connectivity index (χ3v) is 3.54. The van der Waals surface area contributed by atoms with Gasteiger partial charge in [-0.3, -0.25) is 4.79 Å². The average Bonchev–Trinajstić information content (AvgIpc) is 2.71. The fraction of sp³-hybridized carbons (Fsp3) is 0.235. The highest BCUT2D eigenvalue weighted by atomic mass is 19.1. The summed E-state index contributed by atoms with van der Waals surface area (Å²) in [5.74, 6) is 0.0754. The van der Waals surface area contributed by atoms with E-state index in [-0.39, 0.29) is 11.3 Å². The molecule has 0 saturated heterocycles. The van der Waals surface area contributed by atoms with Crippen molar-refractivity contribution in [3.05, 3.63) is 65.0 Å². The van der Waals surface area contributed by atoms with Crippen molar-refractivity contribution in [1.82, 2.24) is 0 Å². The fourth-order valence-corrected chi connectivity index (χ4v) is 2.46. The number of fused-ring (bicyclic) bond motifs is 1. The van der Waals surface area contributed by atoms with Crippen LogP contribution in [-0.4, -0.2) is 12.4 Å². The van der Waals surface area contributed by atoms with Crippen LogP contribution >= 0.6 is 0 Å². The van der Waals surface area contributed by atoms with Crippen LogP contribution in [0.25, 0.3) is 0 Å². The summed E-state index contributed by atoms with van der Waals surface area (Å²) in [7, 11) is 0. The van der Waals surface area contributed by atoms with E-state index >= 15 is 0 Å². The number of halogens is 1. The molecule has 1 aliphatic rings. The van der Waals surface area contributed by atoms with E-state index in [0.29, 0.717) is 12.2 Å². The summed E-state index contributed by atoms with van der Waals surface area (Å²) in [4.78, 5) is 12.4. The third kappa shape index (κ3) is 2.44. The van der Waals surface area contributed by atoms with Crippen molar-refractivity contribution in [2.24, 2.45) is 0 Å². The molecule has 0 radical (unpaired) electrons. The van der Waals surface area contributed by atoms with Crippen LogP contribution in [0, 0.1) is 5.82 Å². The second kappa shape index (κ2) is 5.45. The number of aryl methyl sites for hydroxylation is 1. The maximum Gasteiger partial charge on any atom is 0.195 e. The number of hydrogen-bond acceptors (Lipinski definition) is 2. The minimum absolute atomic E-state index is 0.113. The summed E-state index contributed by atoms with van der Waals surface area (Å²) in [6.07, 6.45) is 2.96. The zero-order chi connectivity index (χ0) is 13.9. The van der Waals surface area contributed by atoms with Crippen molar-refractivity contribution in [3.8, 4) is 5.75 Å². The number of carbonyl (C=O) groups is 1. The number of hydrogen-bond donors (Lipinski definition) is 0. The molecule has 2 nitrogen and oxygen atoms in total. The van der Waals surface area contributed by atoms with Crippen LogP contribution in [0.4, 0.5) is 4.39 Å². The van der Waals surface area contributed by atoms with Gasteiger partial charge in [0.15, 0.2) is 5.78 Å². The molecule has 0 bridgehead atoms. The third-order valence-electron chi connectivity index (χ3n) is 3.54. The molecule has 20 heavy (non-hydrogen) atoms. The molecule has 1 heterocycles. The van der Waals surface area contributed by atoms with Crippen LogP contribution in [0.15, 0.2) is 42.5 Å². The van der Waals surface area contributed by atoms with E-state index in [1.165, 1.54) is 12.1 Å². The predicted octanol–water partition coefficient (Wildman–Crippen LogP) is 3.77. The zero-order valence-electron chi connectivity index (χ0n) is 11.1. The lowest BCUT2D eigenvalue weighted by molar-refractivity contribution is 0.103. The summed E-state index contributed by atoms with van der Waals surface area (Å²) in [6, 6.07) is 11.4. The van der Waals surface area contributed by atoms with Crippen LogP contribution in [0.2, 0.25) is 0 Å². The van der Waals surface area contributed by atoms with Crippen molar-refractivity contribution >= 4 is 5.78 Å². The molecule has 0 fully saturated rings. The molecule has 3 heteroatoms. The molecule has 0 atom stereocenters. The summed E-state index contributed by atoms with van der Waals surface area (Å²) in [6.45, 7) is 0.716. The van der Waals surface area contributed by atoms with Crippen LogP contribution in [0.5, 0.6) is 5.75 Å². The van der Waals surface area contributed by atoms with Gasteiger partial charge in [0, 0.05) is 5.56 Å². The van der Waals surface area contributed by atoms with Crippen LogP contribution in [0.3, 0.4) is 0 Å². The van der Waals surface area contributed by atoms with Gasteiger partial charge in [0.2, 0.25) is 0 Å². The molecular weight excluding hydrogens is 255 g/mol. The summed E-state index contributed by atoms with van der Waals surface area (Å²) in [5.41, 5.74) is 1.66. The number of benzene rings is 2. The topological polar surface area (TPSA) is 26.3 Å². The summed E-state index contributed by atoms with van der Waals surface area (Å²) in [5, 5.41) is 0. The van der Waals surface area contributed by atoms with E-state index in [4.69, 9.17) is 4.74 Å². The van der Waals surface area contributed by atoms with E-state index in [2.05, 4.69) is 0 Å². The van der Waals surface area contributed by atoms with Crippen molar-refractivity contribution in [1.29, 1.82) is 0 Å². The van der Waals surface area contributed by atoms with Crippen molar-refractivity contribution < 1.29 is 13.9 Å². The molecule has 102 valence electrons. The Labute approximate surface area is 117 Å². The van der Waals surface area contributed by atoms with Gasteiger partial charge in [0.25, 0.3) is 0 Å². The molecule has 0 spiro atoms. The average molecular weight is 270 g/mol. The Hall–Kier alpha value is -2.16. The van der Waals surface area contributed by atoms with Crippen LogP contribution < -0.4 is 4.74 Å².